The fourth-order valence-electron chi connectivity index (χ4n) is 2.31. The molecule has 1 N–H and O–H groups in total. The normalized spacial score (nSPS) is 15.1. The highest BCUT2D eigenvalue weighted by Crippen LogP contribution is 2.12. The van der Waals surface area contributed by atoms with Crippen molar-refractivity contribution in [3.63, 3.8) is 0 Å². The highest BCUT2D eigenvalue weighted by Gasteiger charge is 2.19. The Kier molecular flexibility index (Phi) is 5.46. The third kappa shape index (κ3) is 4.28. The molecule has 0 saturated carbocycles. The van der Waals surface area contributed by atoms with Gasteiger partial charge in [-0.15, -0.1) is 0 Å². The first kappa shape index (κ1) is 15.9. The quantitative estimate of drug-likeness (QED) is 0.845. The Morgan fingerprint density at radius 1 is 1.36 bits per heavy atom. The zero-order valence-corrected chi connectivity index (χ0v) is 12.5. The molecule has 7 heteroatoms. The van der Waals surface area contributed by atoms with Crippen LogP contribution in [0.2, 0.25) is 0 Å². The summed E-state index contributed by atoms with van der Waals surface area (Å²) in [6.07, 6.45) is 4.70. The Morgan fingerprint density at radius 2 is 2.18 bits per heavy atom. The molecule has 1 aromatic rings. The van der Waals surface area contributed by atoms with Gasteiger partial charge in [0.15, 0.2) is 0 Å². The molecule has 0 bridgehead atoms. The number of amides is 2. The van der Waals surface area contributed by atoms with Gasteiger partial charge in [-0.25, -0.2) is 9.78 Å². The second-order valence-corrected chi connectivity index (χ2v) is 5.10. The van der Waals surface area contributed by atoms with Gasteiger partial charge in [-0.1, -0.05) is 6.42 Å². The van der Waals surface area contributed by atoms with Crippen LogP contribution in [0, 0.1) is 0 Å². The van der Waals surface area contributed by atoms with Crippen molar-refractivity contribution in [3.05, 3.63) is 23.9 Å². The van der Waals surface area contributed by atoms with Gasteiger partial charge in [-0.2, -0.15) is 0 Å². The van der Waals surface area contributed by atoms with Crippen molar-refractivity contribution in [1.29, 1.82) is 0 Å². The second-order valence-electron chi connectivity index (χ2n) is 5.10. The van der Waals surface area contributed by atoms with Crippen LogP contribution in [-0.4, -0.2) is 47.9 Å². The Morgan fingerprint density at radius 3 is 2.95 bits per heavy atom. The molecule has 0 aromatic carbocycles. The fraction of sp³-hybridized carbons (Fsp3) is 0.467. The van der Waals surface area contributed by atoms with E-state index in [1.165, 1.54) is 25.4 Å². The van der Waals surface area contributed by atoms with E-state index in [1.54, 1.807) is 4.90 Å². The third-order valence-corrected chi connectivity index (χ3v) is 3.45. The van der Waals surface area contributed by atoms with Crippen molar-refractivity contribution >= 4 is 23.6 Å². The van der Waals surface area contributed by atoms with Gasteiger partial charge < -0.3 is 15.0 Å². The van der Waals surface area contributed by atoms with E-state index in [4.69, 9.17) is 0 Å². The number of methoxy groups -OCH3 is 1. The van der Waals surface area contributed by atoms with Crippen LogP contribution in [0.1, 0.15) is 36.0 Å². The molecular weight excluding hydrogens is 286 g/mol. The molecular formula is C15H19N3O4. The van der Waals surface area contributed by atoms with Crippen LogP contribution in [-0.2, 0) is 14.3 Å². The molecule has 1 fully saturated rings. The number of nitrogens with one attached hydrogen (secondary N) is 1. The summed E-state index contributed by atoms with van der Waals surface area (Å²) in [5.41, 5.74) is 0.304. The topological polar surface area (TPSA) is 88.6 Å². The van der Waals surface area contributed by atoms with Crippen LogP contribution in [0.5, 0.6) is 0 Å². The molecule has 7 nitrogen and oxygen atoms in total. The Hall–Kier alpha value is -2.44. The smallest absolute Gasteiger partial charge is 0.338 e. The molecule has 1 aromatic heterocycles. The number of carbonyl (C=O) groups excluding carboxylic acids is 3. The van der Waals surface area contributed by atoms with Gasteiger partial charge in [-0.3, -0.25) is 9.59 Å². The van der Waals surface area contributed by atoms with E-state index in [1.807, 2.05) is 0 Å². The molecule has 118 valence electrons. The van der Waals surface area contributed by atoms with Gasteiger partial charge in [-0.05, 0) is 25.0 Å². The number of hydrogen-bond donors (Lipinski definition) is 1. The summed E-state index contributed by atoms with van der Waals surface area (Å²) >= 11 is 0. The van der Waals surface area contributed by atoms with Crippen molar-refractivity contribution in [2.24, 2.45) is 0 Å². The summed E-state index contributed by atoms with van der Waals surface area (Å²) < 4.78 is 4.61. The molecule has 22 heavy (non-hydrogen) atoms. The lowest BCUT2D eigenvalue weighted by atomic mass is 10.2. The molecule has 0 unspecified atom stereocenters. The van der Waals surface area contributed by atoms with Crippen LogP contribution in [0.4, 0.5) is 5.82 Å². The standard InChI is InChI=1S/C15H19N3O4/c1-22-15(21)11-6-7-16-12(9-11)17-13(19)10-18-8-4-2-3-5-14(18)20/h6-7,9H,2-5,8,10H2,1H3,(H,16,17,19). The van der Waals surface area contributed by atoms with E-state index in [-0.39, 0.29) is 24.2 Å². The lowest BCUT2D eigenvalue weighted by Crippen LogP contribution is -2.37. The highest BCUT2D eigenvalue weighted by atomic mass is 16.5. The zero-order valence-electron chi connectivity index (χ0n) is 12.5. The average molecular weight is 305 g/mol. The number of nitrogens with zero attached hydrogens (tertiary/aromatic N) is 2. The minimum absolute atomic E-state index is 0.00294. The van der Waals surface area contributed by atoms with Crippen molar-refractivity contribution in [3.8, 4) is 0 Å². The van der Waals surface area contributed by atoms with Crippen LogP contribution < -0.4 is 5.32 Å². The maximum Gasteiger partial charge on any atom is 0.338 e. The molecule has 2 amide bonds. The number of esters is 1. The summed E-state index contributed by atoms with van der Waals surface area (Å²) in [6, 6.07) is 2.94. The van der Waals surface area contributed by atoms with Crippen LogP contribution in [0.25, 0.3) is 0 Å². The molecule has 1 aliphatic rings. The van der Waals surface area contributed by atoms with E-state index in [0.29, 0.717) is 18.5 Å². The van der Waals surface area contributed by atoms with Crippen molar-refractivity contribution in [2.45, 2.75) is 25.7 Å². The molecule has 0 radical (unpaired) electrons. The average Bonchev–Trinajstić information content (AvgIpc) is 2.71. The van der Waals surface area contributed by atoms with Crippen molar-refractivity contribution < 1.29 is 19.1 Å². The first-order valence-electron chi connectivity index (χ1n) is 7.22. The summed E-state index contributed by atoms with van der Waals surface area (Å²) in [4.78, 5) is 40.9. The predicted molar refractivity (Wildman–Crippen MR) is 79.3 cm³/mol. The largest absolute Gasteiger partial charge is 0.465 e. The molecule has 0 spiro atoms. The third-order valence-electron chi connectivity index (χ3n) is 3.45. The first-order chi connectivity index (χ1) is 10.6. The molecule has 2 rings (SSSR count). The number of aromatic nitrogens is 1. The van der Waals surface area contributed by atoms with E-state index in [0.717, 1.165) is 19.3 Å². The van der Waals surface area contributed by atoms with Gasteiger partial charge in [0, 0.05) is 19.2 Å². The summed E-state index contributed by atoms with van der Waals surface area (Å²) in [6.45, 7) is 0.602. The molecule has 2 heterocycles. The monoisotopic (exact) mass is 305 g/mol. The maximum absolute atomic E-state index is 12.0. The number of hydrogen-bond acceptors (Lipinski definition) is 5. The van der Waals surface area contributed by atoms with Crippen molar-refractivity contribution in [2.75, 3.05) is 25.5 Å². The molecule has 1 aliphatic heterocycles. The van der Waals surface area contributed by atoms with Gasteiger partial charge in [0.2, 0.25) is 11.8 Å². The number of anilines is 1. The minimum atomic E-state index is -0.499. The Bertz CT molecular complexity index is 574. The number of ether oxygens (including phenoxy) is 1. The lowest BCUT2D eigenvalue weighted by molar-refractivity contribution is -0.134. The van der Waals surface area contributed by atoms with Crippen LogP contribution >= 0.6 is 0 Å². The molecule has 0 atom stereocenters. The summed E-state index contributed by atoms with van der Waals surface area (Å²) in [5.74, 6) is -0.565. The van der Waals surface area contributed by atoms with Gasteiger partial charge in [0.1, 0.15) is 5.82 Å². The maximum atomic E-state index is 12.0. The first-order valence-corrected chi connectivity index (χ1v) is 7.22. The van der Waals surface area contributed by atoms with E-state index in [2.05, 4.69) is 15.0 Å². The zero-order chi connectivity index (χ0) is 15.9. The second kappa shape index (κ2) is 7.53. The summed E-state index contributed by atoms with van der Waals surface area (Å²) in [5, 5.41) is 2.60. The number of pyridine rings is 1. The Labute approximate surface area is 128 Å². The molecule has 0 aliphatic carbocycles. The van der Waals surface area contributed by atoms with Crippen LogP contribution in [0.15, 0.2) is 18.3 Å². The lowest BCUT2D eigenvalue weighted by Gasteiger charge is -2.19. The Balaban J connectivity index is 1.96. The number of carbonyl (C=O) groups is 3. The fourth-order valence-corrected chi connectivity index (χ4v) is 2.31. The van der Waals surface area contributed by atoms with Gasteiger partial charge in [0.05, 0.1) is 19.2 Å². The predicted octanol–water partition coefficient (Wildman–Crippen LogP) is 1.21. The number of rotatable bonds is 4. The minimum Gasteiger partial charge on any atom is -0.465 e. The molecule has 1 saturated heterocycles. The van der Waals surface area contributed by atoms with Crippen molar-refractivity contribution in [1.82, 2.24) is 9.88 Å². The summed E-state index contributed by atoms with van der Waals surface area (Å²) in [7, 11) is 1.28. The van der Waals surface area contributed by atoms with E-state index >= 15 is 0 Å². The van der Waals surface area contributed by atoms with Gasteiger partial charge in [0.25, 0.3) is 0 Å². The van der Waals surface area contributed by atoms with Crippen LogP contribution in [0.3, 0.4) is 0 Å². The SMILES string of the molecule is COC(=O)c1ccnc(NC(=O)CN2CCCCCC2=O)c1. The van der Waals surface area contributed by atoms with E-state index in [9.17, 15) is 14.4 Å². The number of likely N-dealkylation sites (tertiary alicyclic amines) is 1. The highest BCUT2D eigenvalue weighted by molar-refractivity contribution is 5.95. The van der Waals surface area contributed by atoms with E-state index < -0.39 is 5.97 Å². The van der Waals surface area contributed by atoms with Gasteiger partial charge >= 0.3 is 5.97 Å².